The second-order valence-electron chi connectivity index (χ2n) is 23.1. The van der Waals surface area contributed by atoms with Crippen molar-refractivity contribution in [2.24, 2.45) is 23.5 Å². The summed E-state index contributed by atoms with van der Waals surface area (Å²) in [4.78, 5) is 115. The van der Waals surface area contributed by atoms with Crippen LogP contribution in [-0.4, -0.2) is 177 Å². The van der Waals surface area contributed by atoms with Crippen molar-refractivity contribution in [2.75, 3.05) is 64.3 Å². The van der Waals surface area contributed by atoms with E-state index in [0.717, 1.165) is 16.0 Å². The van der Waals surface area contributed by atoms with Crippen LogP contribution in [0.3, 0.4) is 0 Å². The number of primary amides is 1. The summed E-state index contributed by atoms with van der Waals surface area (Å²) in [6.07, 6.45) is 2.23. The number of nitrogens with zero attached hydrogens (tertiary/aromatic N) is 6. The minimum Gasteiger partial charge on any atom is -0.445 e. The number of benzene rings is 3. The SMILES string of the molecule is Cc1ccc(F)c(-c2cn(Cc3ccccc3)c([C@@H](C3CCOCC3)N(C[C@@H]3CN(C(=O)OCc4ccc(NC(=O)[C@H](CCCNC(N)=O)NC(=O)[C@@H](NC(=O)CCCCCN5C(=O)C=CC5=O)C(C)C)cc4)C[C@@H]3F)C(=O)N3C[C@@H](O)[C@@H](O)C3)n2)c1. The smallest absolute Gasteiger partial charge is 0.410 e. The third kappa shape index (κ3) is 17.5. The molecule has 4 aliphatic heterocycles. The number of β-amino-alcohol motifs (C(OH)–C–C–N with tert-alkyl or cyclic N) is 2. The topological polar surface area (TPSA) is 300 Å². The summed E-state index contributed by atoms with van der Waals surface area (Å²) in [5, 5.41) is 32.1. The molecule has 87 heavy (non-hydrogen) atoms. The van der Waals surface area contributed by atoms with Gasteiger partial charge >= 0.3 is 18.2 Å². The summed E-state index contributed by atoms with van der Waals surface area (Å²) in [7, 11) is 0. The lowest BCUT2D eigenvalue weighted by Gasteiger charge is -2.41. The molecule has 1 aromatic heterocycles. The van der Waals surface area contributed by atoms with Gasteiger partial charge in [0.2, 0.25) is 17.7 Å². The molecule has 0 saturated carbocycles. The molecule has 5 heterocycles. The summed E-state index contributed by atoms with van der Waals surface area (Å²) < 4.78 is 45.7. The van der Waals surface area contributed by atoms with Gasteiger partial charge in [0.1, 0.15) is 36.5 Å². The number of carbonyl (C=O) groups is 8. The van der Waals surface area contributed by atoms with Crippen molar-refractivity contribution in [1.82, 2.24) is 45.1 Å². The van der Waals surface area contributed by atoms with Crippen molar-refractivity contribution >= 4 is 53.4 Å². The van der Waals surface area contributed by atoms with Crippen LogP contribution in [0.25, 0.3) is 11.3 Å². The van der Waals surface area contributed by atoms with Gasteiger partial charge < -0.3 is 66.0 Å². The van der Waals surface area contributed by atoms with Gasteiger partial charge in [0.15, 0.2) is 0 Å². The van der Waals surface area contributed by atoms with E-state index in [0.29, 0.717) is 74.6 Å². The molecule has 0 radical (unpaired) electrons. The van der Waals surface area contributed by atoms with Crippen LogP contribution in [0.1, 0.15) is 93.8 Å². The Morgan fingerprint density at radius 2 is 1.54 bits per heavy atom. The minimum atomic E-state index is -1.61. The normalized spacial score (nSPS) is 19.7. The Kier molecular flexibility index (Phi) is 22.6. The average Bonchev–Trinajstić information content (AvgIpc) is 1.79. The molecule has 3 fully saturated rings. The largest absolute Gasteiger partial charge is 0.445 e. The van der Waals surface area contributed by atoms with E-state index < -0.39 is 84.1 Å². The summed E-state index contributed by atoms with van der Waals surface area (Å²) in [6, 6.07) is 16.4. The lowest BCUT2D eigenvalue weighted by Crippen LogP contribution is -2.54. The lowest BCUT2D eigenvalue weighted by atomic mass is 9.89. The van der Waals surface area contributed by atoms with Gasteiger partial charge in [-0.15, -0.1) is 0 Å². The van der Waals surface area contributed by atoms with Crippen LogP contribution in [0.2, 0.25) is 0 Å². The van der Waals surface area contributed by atoms with E-state index in [2.05, 4.69) is 21.3 Å². The van der Waals surface area contributed by atoms with E-state index in [1.165, 1.54) is 28.0 Å². The number of hydrogen-bond donors (Lipinski definition) is 7. The number of aromatic nitrogens is 2. The fourth-order valence-electron chi connectivity index (χ4n) is 11.4. The van der Waals surface area contributed by atoms with Crippen molar-refractivity contribution in [3.8, 4) is 11.3 Å². The van der Waals surface area contributed by atoms with Crippen LogP contribution in [-0.2, 0) is 46.6 Å². The Balaban J connectivity index is 0.917. The molecule has 7 atom stereocenters. The number of aryl methyl sites for hydroxylation is 1. The number of rotatable bonds is 26. The summed E-state index contributed by atoms with van der Waals surface area (Å²) >= 11 is 0. The molecular formula is C62H79F2N11O12. The first-order valence-electron chi connectivity index (χ1n) is 29.7. The Labute approximate surface area is 504 Å². The number of ether oxygens (including phenoxy) is 2. The molecule has 25 heteroatoms. The fraction of sp³-hybridized carbons (Fsp3) is 0.500. The summed E-state index contributed by atoms with van der Waals surface area (Å²) in [6.45, 7) is 5.46. The Morgan fingerprint density at radius 1 is 0.839 bits per heavy atom. The van der Waals surface area contributed by atoms with E-state index in [-0.39, 0.29) is 101 Å². The van der Waals surface area contributed by atoms with Crippen LogP contribution in [0, 0.1) is 30.5 Å². The summed E-state index contributed by atoms with van der Waals surface area (Å²) in [5.74, 6) is -3.99. The number of aliphatic hydroxyl groups is 2. The third-order valence-electron chi connectivity index (χ3n) is 16.2. The van der Waals surface area contributed by atoms with Gasteiger partial charge in [0.25, 0.3) is 11.8 Å². The molecule has 0 spiro atoms. The Morgan fingerprint density at radius 3 is 2.22 bits per heavy atom. The second kappa shape index (κ2) is 30.4. The van der Waals surface area contributed by atoms with Crippen LogP contribution < -0.4 is 27.0 Å². The zero-order valence-electron chi connectivity index (χ0n) is 49.3. The highest BCUT2D eigenvalue weighted by atomic mass is 19.1. The number of carbonyl (C=O) groups excluding carboxylic acids is 8. The van der Waals surface area contributed by atoms with Gasteiger partial charge in [0, 0.05) is 87.9 Å². The number of imide groups is 1. The molecule has 468 valence electrons. The standard InChI is InChI=1S/C62H79F2N11O12/c1-38(2)55(70-52(78)14-8-5-9-26-74-53(79)21-22-54(74)80)59(82)69-48(13-10-25-66-60(65)83)58(81)67-44-18-16-41(17-19-44)37-87-62(85)73-31-43(47(64)33-73)32-75(61(84)72-35-50(76)51(77)36-72)56(42-23-27-86-28-24-42)57-68-49(45-29-39(3)15-20-46(45)63)34-71(57)30-40-11-6-4-7-12-40/h4,6-7,11-12,15-22,29,34,38,42-43,47-48,50-51,55-56,76-77H,5,8-10,13-14,23-28,30-33,35-37H2,1-3H3,(H,67,81)(H,69,82)(H,70,78)(H3,65,66,83)/t43-,47-,48-,50-,51+,55-,56+/m0/s1. The molecule has 8 N–H and O–H groups in total. The van der Waals surface area contributed by atoms with E-state index in [4.69, 9.17) is 20.2 Å². The monoisotopic (exact) mass is 1210 g/mol. The van der Waals surface area contributed by atoms with E-state index in [9.17, 15) is 43.8 Å². The number of alkyl halides is 1. The van der Waals surface area contributed by atoms with Gasteiger partial charge in [-0.05, 0) is 92.7 Å². The second-order valence-corrected chi connectivity index (χ2v) is 23.1. The number of halogens is 2. The molecule has 3 saturated heterocycles. The highest BCUT2D eigenvalue weighted by molar-refractivity contribution is 6.12. The number of nitrogens with one attached hydrogen (secondary N) is 4. The Hall–Kier alpha value is -8.29. The number of aliphatic hydroxyl groups excluding tert-OH is 2. The van der Waals surface area contributed by atoms with Crippen molar-refractivity contribution < 1.29 is 66.8 Å². The van der Waals surface area contributed by atoms with Crippen molar-refractivity contribution in [2.45, 2.75) is 122 Å². The number of urea groups is 2. The Bertz CT molecular complexity index is 3080. The van der Waals surface area contributed by atoms with Crippen molar-refractivity contribution in [1.29, 1.82) is 0 Å². The van der Waals surface area contributed by atoms with Crippen molar-refractivity contribution in [3.05, 3.63) is 119 Å². The molecule has 4 aromatic rings. The van der Waals surface area contributed by atoms with Gasteiger partial charge in [-0.2, -0.15) is 0 Å². The van der Waals surface area contributed by atoms with E-state index in [1.54, 1.807) is 61.3 Å². The first-order chi connectivity index (χ1) is 41.7. The summed E-state index contributed by atoms with van der Waals surface area (Å²) in [5.41, 5.74) is 8.40. The van der Waals surface area contributed by atoms with Crippen LogP contribution in [0.15, 0.2) is 91.1 Å². The maximum atomic E-state index is 16.6. The van der Waals surface area contributed by atoms with E-state index in [1.807, 2.05) is 41.8 Å². The predicted octanol–water partition coefficient (Wildman–Crippen LogP) is 5.08. The van der Waals surface area contributed by atoms with Crippen LogP contribution >= 0.6 is 0 Å². The molecule has 10 amide bonds. The van der Waals surface area contributed by atoms with Gasteiger partial charge in [-0.25, -0.2) is 28.1 Å². The van der Waals surface area contributed by atoms with E-state index >= 15 is 13.6 Å². The predicted molar refractivity (Wildman–Crippen MR) is 315 cm³/mol. The molecule has 8 rings (SSSR count). The van der Waals surface area contributed by atoms with Crippen LogP contribution in [0.5, 0.6) is 0 Å². The number of imidazole rings is 1. The van der Waals surface area contributed by atoms with Crippen LogP contribution in [0.4, 0.5) is 28.9 Å². The molecule has 4 aliphatic rings. The number of hydrogen-bond acceptors (Lipinski definition) is 13. The minimum absolute atomic E-state index is 0.0780. The molecule has 0 unspecified atom stereocenters. The number of unbranched alkanes of at least 4 members (excludes halogenated alkanes) is 2. The maximum absolute atomic E-state index is 16.6. The molecular weight excluding hydrogens is 1130 g/mol. The zero-order valence-corrected chi connectivity index (χ0v) is 49.3. The molecule has 0 bridgehead atoms. The number of anilines is 1. The first kappa shape index (κ1) is 64.7. The number of nitrogens with two attached hydrogens (primary N) is 1. The van der Waals surface area contributed by atoms with Gasteiger partial charge in [-0.3, -0.25) is 28.9 Å². The highest BCUT2D eigenvalue weighted by Gasteiger charge is 2.46. The lowest BCUT2D eigenvalue weighted by molar-refractivity contribution is -0.137. The maximum Gasteiger partial charge on any atom is 0.410 e. The average molecular weight is 1210 g/mol. The highest BCUT2D eigenvalue weighted by Crippen LogP contribution is 2.40. The molecule has 3 aromatic carbocycles. The fourth-order valence-corrected chi connectivity index (χ4v) is 11.4. The number of amides is 10. The molecule has 0 aliphatic carbocycles. The number of likely N-dealkylation sites (tertiary alicyclic amines) is 2. The van der Waals surface area contributed by atoms with Gasteiger partial charge in [-0.1, -0.05) is 74.4 Å². The van der Waals surface area contributed by atoms with Gasteiger partial charge in [0.05, 0.1) is 43.6 Å². The first-order valence-corrected chi connectivity index (χ1v) is 29.7. The van der Waals surface area contributed by atoms with Crippen molar-refractivity contribution in [3.63, 3.8) is 0 Å². The third-order valence-corrected chi connectivity index (χ3v) is 16.2. The molecule has 23 nitrogen and oxygen atoms in total. The zero-order chi connectivity index (χ0) is 62.3. The quantitative estimate of drug-likeness (QED) is 0.0319.